The number of carboxylic acid groups (broad SMARTS) is 3. The number of nitrogens with two attached hydrogens (primary N) is 1. The summed E-state index contributed by atoms with van der Waals surface area (Å²) in [5.41, 5.74) is 5.16. The van der Waals surface area contributed by atoms with E-state index >= 15 is 0 Å². The zero-order valence-electron chi connectivity index (χ0n) is 26.0. The third-order valence-corrected chi connectivity index (χ3v) is 10.5. The number of carboxylic acids is 3. The van der Waals surface area contributed by atoms with Crippen molar-refractivity contribution >= 4 is 81.2 Å². The number of phenolic OH excluding ortho intramolecular Hbond substituents is 3. The topological polar surface area (TPSA) is 326 Å². The minimum absolute atomic E-state index is 0.00263. The highest BCUT2D eigenvalue weighted by Crippen LogP contribution is 2.42. The van der Waals surface area contributed by atoms with E-state index in [0.29, 0.717) is 16.3 Å². The number of anilines is 1. The minimum Gasteiger partial charge on any atom is -0.504 e. The van der Waals surface area contributed by atoms with Gasteiger partial charge in [0.25, 0.3) is 23.4 Å². The van der Waals surface area contributed by atoms with Crippen LogP contribution in [-0.4, -0.2) is 118 Å². The Morgan fingerprint density at radius 2 is 1.81 bits per heavy atom. The molecule has 21 nitrogen and oxygen atoms in total. The second-order valence-electron chi connectivity index (χ2n) is 10.8. The first-order chi connectivity index (χ1) is 24.6. The first kappa shape index (κ1) is 35.7. The van der Waals surface area contributed by atoms with Crippen molar-refractivity contribution in [3.8, 4) is 17.2 Å². The molecule has 9 N–H and O–H groups in total. The number of phenols is 3. The zero-order valence-corrected chi connectivity index (χ0v) is 28.5. The Hall–Kier alpha value is -6.14. The van der Waals surface area contributed by atoms with Crippen LogP contribution >= 0.6 is 34.9 Å². The summed E-state index contributed by atoms with van der Waals surface area (Å²) >= 11 is 3.20. The second kappa shape index (κ2) is 13.9. The number of carbonyl (C=O) groups excluding carboxylic acids is 2. The Morgan fingerprint density at radius 3 is 2.42 bits per heavy atom. The molecule has 2 aliphatic heterocycles. The van der Waals surface area contributed by atoms with Gasteiger partial charge in [0.05, 0.1) is 0 Å². The van der Waals surface area contributed by atoms with Gasteiger partial charge in [0.15, 0.2) is 28.1 Å². The van der Waals surface area contributed by atoms with Gasteiger partial charge in [-0.3, -0.25) is 14.5 Å². The number of amides is 2. The van der Waals surface area contributed by atoms with Crippen LogP contribution in [0.15, 0.2) is 45.0 Å². The Labute approximate surface area is 301 Å². The molecule has 0 aliphatic carbocycles. The second-order valence-corrected chi connectivity index (χ2v) is 13.8. The maximum Gasteiger partial charge on any atom is 0.375 e. The lowest BCUT2D eigenvalue weighted by molar-refractivity contribution is -0.151. The van der Waals surface area contributed by atoms with E-state index in [1.807, 2.05) is 0 Å². The van der Waals surface area contributed by atoms with Gasteiger partial charge in [0, 0.05) is 28.1 Å². The molecule has 2 aliphatic rings. The number of nitrogens with zero attached hydrogens (tertiary/aromatic N) is 7. The smallest absolute Gasteiger partial charge is 0.375 e. The number of rotatable bonds is 12. The van der Waals surface area contributed by atoms with Gasteiger partial charge in [-0.1, -0.05) is 5.16 Å². The first-order valence-electron chi connectivity index (χ1n) is 14.4. The fraction of sp³-hybridized carbons (Fsp3) is 0.214. The summed E-state index contributed by atoms with van der Waals surface area (Å²) in [4.78, 5) is 81.0. The molecule has 0 unspecified atom stereocenters. The van der Waals surface area contributed by atoms with E-state index < -0.39 is 76.0 Å². The van der Waals surface area contributed by atoms with E-state index in [9.17, 15) is 54.6 Å². The molecule has 3 atom stereocenters. The number of nitrogens with one attached hydrogen (secondary N) is 1. The number of aromatic hydroxyl groups is 3. The molecule has 0 radical (unpaired) electrons. The SMILES string of the molecule is Cc1cc(SCC2=C(C(=O)O)N3C(=O)[C@@H](NC(=O)C(=NO[C@H](C(=O)O)c4cc(O)c(O)c(O)c4)c4csc(N)n4)[C@H]3SC2)n2nc(C(=O)O)nc2n1. The van der Waals surface area contributed by atoms with Gasteiger partial charge in [-0.15, -0.1) is 40.0 Å². The highest BCUT2D eigenvalue weighted by molar-refractivity contribution is 8.01. The number of hydrogen-bond acceptors (Lipinski definition) is 18. The van der Waals surface area contributed by atoms with Crippen molar-refractivity contribution in [2.24, 2.45) is 5.16 Å². The molecule has 270 valence electrons. The highest BCUT2D eigenvalue weighted by atomic mass is 32.2. The number of nitrogen functional groups attached to an aromatic ring is 1. The summed E-state index contributed by atoms with van der Waals surface area (Å²) < 4.78 is 1.22. The number of aromatic nitrogens is 5. The van der Waals surface area contributed by atoms with Crippen LogP contribution < -0.4 is 11.1 Å². The standard InChI is InChI=1S/C28H23N9O12S3/c1-8-2-14(37-28(30-8)33-20(34-37)26(47)48)50-5-10-6-51-23-16(22(42)36(23)17(10)24(43)44)32-21(41)15(11-7-52-27(29)31-11)35-49-19(25(45)46)9-3-12(38)18(40)13(39)4-9/h2-4,7,16,19,23,38-40H,5-6H2,1H3,(H2,29,31)(H,32,41)(H,43,44)(H,45,46)(H,47,48)/t16-,19+,23-/m1/s1. The number of benzene rings is 1. The van der Waals surface area contributed by atoms with Gasteiger partial charge in [0.1, 0.15) is 27.8 Å². The summed E-state index contributed by atoms with van der Waals surface area (Å²) in [5.74, 6) is -9.13. The lowest BCUT2D eigenvalue weighted by Crippen LogP contribution is -2.71. The van der Waals surface area contributed by atoms with Crippen molar-refractivity contribution in [2.45, 2.75) is 29.5 Å². The molecule has 52 heavy (non-hydrogen) atoms. The average molecular weight is 774 g/mol. The number of thiazole rings is 1. The number of hydrogen-bond donors (Lipinski definition) is 8. The van der Waals surface area contributed by atoms with Crippen molar-refractivity contribution in [2.75, 3.05) is 17.2 Å². The monoisotopic (exact) mass is 773 g/mol. The number of aromatic carboxylic acids is 1. The van der Waals surface area contributed by atoms with Gasteiger partial charge in [0.2, 0.25) is 6.10 Å². The number of β-lactam (4-membered cyclic amide) rings is 1. The predicted molar refractivity (Wildman–Crippen MR) is 179 cm³/mol. The van der Waals surface area contributed by atoms with Crippen molar-refractivity contribution in [1.82, 2.24) is 34.8 Å². The summed E-state index contributed by atoms with van der Waals surface area (Å²) in [5, 5.41) is 69.4. The van der Waals surface area contributed by atoms with Crippen LogP contribution in [0.3, 0.4) is 0 Å². The molecule has 5 heterocycles. The molecule has 1 aromatic carbocycles. The molecule has 2 amide bonds. The summed E-state index contributed by atoms with van der Waals surface area (Å²) in [6.07, 6.45) is -2.01. The van der Waals surface area contributed by atoms with E-state index in [4.69, 9.17) is 10.6 Å². The third-order valence-electron chi connectivity index (χ3n) is 7.38. The third kappa shape index (κ3) is 6.68. The van der Waals surface area contributed by atoms with Crippen molar-refractivity contribution < 1.29 is 59.4 Å². The number of fused-ring (bicyclic) bond motifs is 2. The number of thioether (sulfide) groups is 2. The number of aliphatic carboxylic acids is 2. The Bertz CT molecular complexity index is 2230. The van der Waals surface area contributed by atoms with Gasteiger partial charge in [-0.05, 0) is 30.7 Å². The van der Waals surface area contributed by atoms with Crippen molar-refractivity contribution in [3.63, 3.8) is 0 Å². The Balaban J connectivity index is 1.22. The van der Waals surface area contributed by atoms with Crippen LogP contribution in [0.4, 0.5) is 5.13 Å². The maximum atomic E-state index is 13.5. The summed E-state index contributed by atoms with van der Waals surface area (Å²) in [7, 11) is 0. The van der Waals surface area contributed by atoms with E-state index in [1.165, 1.54) is 9.90 Å². The Kier molecular flexibility index (Phi) is 9.52. The maximum absolute atomic E-state index is 13.5. The summed E-state index contributed by atoms with van der Waals surface area (Å²) in [6.45, 7) is 1.67. The molecular formula is C28H23N9O12S3. The molecule has 4 aromatic rings. The van der Waals surface area contributed by atoms with E-state index in [1.54, 1.807) is 13.0 Å². The fourth-order valence-corrected chi connectivity index (χ4v) is 8.13. The van der Waals surface area contributed by atoms with E-state index in [2.05, 4.69) is 30.5 Å². The number of carbonyl (C=O) groups is 5. The molecule has 1 fully saturated rings. The fourth-order valence-electron chi connectivity index (χ4n) is 5.04. The molecule has 0 spiro atoms. The average Bonchev–Trinajstić information content (AvgIpc) is 3.72. The van der Waals surface area contributed by atoms with Crippen LogP contribution in [0.1, 0.15) is 33.7 Å². The minimum atomic E-state index is -2.01. The molecule has 6 rings (SSSR count). The molecule has 1 saturated heterocycles. The normalized spacial score (nSPS) is 17.8. The molecule has 3 aromatic heterocycles. The van der Waals surface area contributed by atoms with E-state index in [-0.39, 0.29) is 39.4 Å². The first-order valence-corrected chi connectivity index (χ1v) is 17.3. The van der Waals surface area contributed by atoms with Crippen molar-refractivity contribution in [1.29, 1.82) is 0 Å². The highest BCUT2D eigenvalue weighted by Gasteiger charge is 2.54. The molecule has 0 saturated carbocycles. The van der Waals surface area contributed by atoms with Gasteiger partial charge in [-0.2, -0.15) is 9.50 Å². The molecule has 0 bridgehead atoms. The lowest BCUT2D eigenvalue weighted by atomic mass is 10.0. The van der Waals surface area contributed by atoms with Crippen LogP contribution in [0.25, 0.3) is 5.78 Å². The Morgan fingerprint density at radius 1 is 1.10 bits per heavy atom. The van der Waals surface area contributed by atoms with E-state index in [0.717, 1.165) is 51.9 Å². The van der Waals surface area contributed by atoms with Crippen LogP contribution in [0, 0.1) is 6.92 Å². The molecule has 24 heteroatoms. The summed E-state index contributed by atoms with van der Waals surface area (Å²) in [6, 6.07) is 1.97. The zero-order chi connectivity index (χ0) is 37.6. The molecular weight excluding hydrogens is 751 g/mol. The van der Waals surface area contributed by atoms with Gasteiger partial charge < -0.3 is 46.5 Å². The number of aryl methyl sites for hydroxylation is 1. The van der Waals surface area contributed by atoms with Gasteiger partial charge in [-0.25, -0.2) is 24.4 Å². The van der Waals surface area contributed by atoms with Crippen molar-refractivity contribution in [3.05, 3.63) is 57.6 Å². The largest absolute Gasteiger partial charge is 0.504 e. The van der Waals surface area contributed by atoms with Crippen LogP contribution in [0.5, 0.6) is 17.2 Å². The van der Waals surface area contributed by atoms with Crippen LogP contribution in [0.2, 0.25) is 0 Å². The van der Waals surface area contributed by atoms with Crippen LogP contribution in [-0.2, 0) is 24.0 Å². The number of oxime groups is 1. The predicted octanol–water partition coefficient (Wildman–Crippen LogP) is 0.364. The quantitative estimate of drug-likeness (QED) is 0.0241. The van der Waals surface area contributed by atoms with Gasteiger partial charge >= 0.3 is 17.9 Å². The lowest BCUT2D eigenvalue weighted by Gasteiger charge is -2.49.